The molecule has 0 aromatic heterocycles. The van der Waals surface area contributed by atoms with E-state index in [0.717, 1.165) is 0 Å². The molecule has 1 fully saturated rings. The van der Waals surface area contributed by atoms with Crippen LogP contribution in [0.15, 0.2) is 24.3 Å². The van der Waals surface area contributed by atoms with Crippen molar-refractivity contribution in [3.8, 4) is 0 Å². The number of hydrogen-bond acceptors (Lipinski definition) is 5. The third kappa shape index (κ3) is 3.02. The summed E-state index contributed by atoms with van der Waals surface area (Å²) in [6, 6.07) is 6.21. The SMILES string of the molecule is C[C@H](OC(=O)[C@H]1CCC(=O)N1)C(=O)N1c2ccccc2NC(=O)C1(C)C. The van der Waals surface area contributed by atoms with Gasteiger partial charge in [-0.3, -0.25) is 19.3 Å². The highest BCUT2D eigenvalue weighted by atomic mass is 16.5. The van der Waals surface area contributed by atoms with Crippen LogP contribution in [-0.4, -0.2) is 41.4 Å². The minimum absolute atomic E-state index is 0.214. The number of anilines is 2. The van der Waals surface area contributed by atoms with Crippen LogP contribution >= 0.6 is 0 Å². The van der Waals surface area contributed by atoms with Gasteiger partial charge in [-0.1, -0.05) is 12.1 Å². The molecule has 26 heavy (non-hydrogen) atoms. The van der Waals surface area contributed by atoms with Gasteiger partial charge in [0, 0.05) is 6.42 Å². The second-order valence-electron chi connectivity index (χ2n) is 6.94. The molecule has 1 aromatic carbocycles. The molecule has 0 spiro atoms. The molecule has 3 rings (SSSR count). The zero-order chi connectivity index (χ0) is 19.1. The van der Waals surface area contributed by atoms with Crippen molar-refractivity contribution in [2.24, 2.45) is 0 Å². The van der Waals surface area contributed by atoms with Gasteiger partial charge in [0.2, 0.25) is 11.8 Å². The molecule has 0 saturated carbocycles. The van der Waals surface area contributed by atoms with E-state index in [0.29, 0.717) is 17.8 Å². The third-order valence-corrected chi connectivity index (χ3v) is 4.65. The number of carbonyl (C=O) groups excluding carboxylic acids is 4. The molecule has 138 valence electrons. The molecule has 1 aromatic rings. The van der Waals surface area contributed by atoms with Crippen molar-refractivity contribution >= 4 is 35.1 Å². The number of hydrogen-bond donors (Lipinski definition) is 2. The summed E-state index contributed by atoms with van der Waals surface area (Å²) in [6.45, 7) is 4.71. The Balaban J connectivity index is 1.82. The summed E-state index contributed by atoms with van der Waals surface area (Å²) in [5, 5.41) is 5.29. The Bertz CT molecular complexity index is 789. The first-order valence-corrected chi connectivity index (χ1v) is 8.46. The van der Waals surface area contributed by atoms with Crippen molar-refractivity contribution in [2.75, 3.05) is 10.2 Å². The number of carbonyl (C=O) groups is 4. The van der Waals surface area contributed by atoms with E-state index in [-0.39, 0.29) is 18.2 Å². The lowest BCUT2D eigenvalue weighted by atomic mass is 9.95. The van der Waals surface area contributed by atoms with Gasteiger partial charge in [-0.25, -0.2) is 4.79 Å². The van der Waals surface area contributed by atoms with Crippen LogP contribution in [0.5, 0.6) is 0 Å². The zero-order valence-corrected chi connectivity index (χ0v) is 14.9. The van der Waals surface area contributed by atoms with Crippen LogP contribution in [0.3, 0.4) is 0 Å². The fraction of sp³-hybridized carbons (Fsp3) is 0.444. The van der Waals surface area contributed by atoms with Crippen LogP contribution in [0.1, 0.15) is 33.6 Å². The summed E-state index contributed by atoms with van der Waals surface area (Å²) in [7, 11) is 0. The van der Waals surface area contributed by atoms with Gasteiger partial charge in [0.1, 0.15) is 11.6 Å². The minimum Gasteiger partial charge on any atom is -0.451 e. The summed E-state index contributed by atoms with van der Waals surface area (Å²) in [5.74, 6) is -1.70. The first-order valence-electron chi connectivity index (χ1n) is 8.46. The number of amides is 3. The molecule has 8 heteroatoms. The average molecular weight is 359 g/mol. The molecule has 2 atom stereocenters. The minimum atomic E-state index is -1.15. The first-order chi connectivity index (χ1) is 12.2. The van der Waals surface area contributed by atoms with Crippen molar-refractivity contribution in [1.29, 1.82) is 0 Å². The number of ether oxygens (including phenoxy) is 1. The van der Waals surface area contributed by atoms with E-state index in [1.165, 1.54) is 11.8 Å². The number of rotatable bonds is 3. The fourth-order valence-corrected chi connectivity index (χ4v) is 3.13. The maximum absolute atomic E-state index is 13.0. The summed E-state index contributed by atoms with van der Waals surface area (Å²) in [4.78, 5) is 50.2. The number of para-hydroxylation sites is 2. The van der Waals surface area contributed by atoms with E-state index in [4.69, 9.17) is 4.74 Å². The Morgan fingerprint density at radius 1 is 1.27 bits per heavy atom. The molecular weight excluding hydrogens is 338 g/mol. The van der Waals surface area contributed by atoms with Crippen LogP contribution in [0.25, 0.3) is 0 Å². The van der Waals surface area contributed by atoms with Gasteiger partial charge < -0.3 is 15.4 Å². The van der Waals surface area contributed by atoms with Crippen LogP contribution in [0, 0.1) is 0 Å². The Hall–Kier alpha value is -2.90. The normalized spacial score (nSPS) is 22.1. The van der Waals surface area contributed by atoms with Gasteiger partial charge in [0.05, 0.1) is 11.4 Å². The summed E-state index contributed by atoms with van der Waals surface area (Å²) in [5.41, 5.74) is -0.0841. The van der Waals surface area contributed by atoms with Gasteiger partial charge in [-0.05, 0) is 39.3 Å². The van der Waals surface area contributed by atoms with Crippen molar-refractivity contribution in [1.82, 2.24) is 5.32 Å². The maximum Gasteiger partial charge on any atom is 0.329 e. The molecule has 2 N–H and O–H groups in total. The quantitative estimate of drug-likeness (QED) is 0.782. The van der Waals surface area contributed by atoms with Crippen molar-refractivity contribution in [3.05, 3.63) is 24.3 Å². The van der Waals surface area contributed by atoms with E-state index in [1.54, 1.807) is 38.1 Å². The van der Waals surface area contributed by atoms with Crippen LogP contribution in [0.4, 0.5) is 11.4 Å². The molecule has 0 aliphatic carbocycles. The lowest BCUT2D eigenvalue weighted by molar-refractivity contribution is -0.156. The van der Waals surface area contributed by atoms with Gasteiger partial charge >= 0.3 is 5.97 Å². The van der Waals surface area contributed by atoms with E-state index in [9.17, 15) is 19.2 Å². The predicted octanol–water partition coefficient (Wildman–Crippen LogP) is 0.961. The van der Waals surface area contributed by atoms with Gasteiger partial charge in [0.15, 0.2) is 6.10 Å². The van der Waals surface area contributed by atoms with Crippen LogP contribution < -0.4 is 15.5 Å². The van der Waals surface area contributed by atoms with Crippen LogP contribution in [0.2, 0.25) is 0 Å². The molecule has 0 radical (unpaired) electrons. The van der Waals surface area contributed by atoms with Crippen molar-refractivity contribution in [2.45, 2.75) is 51.3 Å². The largest absolute Gasteiger partial charge is 0.451 e. The van der Waals surface area contributed by atoms with Gasteiger partial charge in [-0.15, -0.1) is 0 Å². The van der Waals surface area contributed by atoms with Crippen LogP contribution in [-0.2, 0) is 23.9 Å². The number of benzene rings is 1. The smallest absolute Gasteiger partial charge is 0.329 e. The molecule has 2 aliphatic rings. The number of nitrogens with one attached hydrogen (secondary N) is 2. The highest BCUT2D eigenvalue weighted by molar-refractivity contribution is 6.15. The van der Waals surface area contributed by atoms with E-state index < -0.39 is 29.6 Å². The maximum atomic E-state index is 13.0. The van der Waals surface area contributed by atoms with Crippen molar-refractivity contribution < 1.29 is 23.9 Å². The summed E-state index contributed by atoms with van der Waals surface area (Å²) in [6.07, 6.45) is -0.494. The topological polar surface area (TPSA) is 105 Å². The fourth-order valence-electron chi connectivity index (χ4n) is 3.13. The number of nitrogens with zero attached hydrogens (tertiary/aromatic N) is 1. The molecular formula is C18H21N3O5. The summed E-state index contributed by atoms with van der Waals surface area (Å²) < 4.78 is 5.26. The Labute approximate surface area is 150 Å². The first kappa shape index (κ1) is 17.9. The predicted molar refractivity (Wildman–Crippen MR) is 93.4 cm³/mol. The molecule has 3 amide bonds. The second-order valence-corrected chi connectivity index (χ2v) is 6.94. The van der Waals surface area contributed by atoms with E-state index >= 15 is 0 Å². The molecule has 0 unspecified atom stereocenters. The average Bonchev–Trinajstić information content (AvgIpc) is 3.02. The molecule has 8 nitrogen and oxygen atoms in total. The van der Waals surface area contributed by atoms with E-state index in [2.05, 4.69) is 10.6 Å². The molecule has 1 saturated heterocycles. The number of esters is 1. The van der Waals surface area contributed by atoms with Gasteiger partial charge in [0.25, 0.3) is 5.91 Å². The third-order valence-electron chi connectivity index (χ3n) is 4.65. The Kier molecular flexibility index (Phi) is 4.43. The Morgan fingerprint density at radius 3 is 2.62 bits per heavy atom. The molecule has 2 heterocycles. The zero-order valence-electron chi connectivity index (χ0n) is 14.9. The summed E-state index contributed by atoms with van der Waals surface area (Å²) >= 11 is 0. The standard InChI is InChI=1S/C18H21N3O5/c1-10(26-16(24)12-8-9-14(22)19-12)15(23)21-13-7-5-4-6-11(13)20-17(25)18(21,2)3/h4-7,10,12H,8-9H2,1-3H3,(H,19,22)(H,20,25)/t10-,12+/m0/s1. The van der Waals surface area contributed by atoms with Gasteiger partial charge in [-0.2, -0.15) is 0 Å². The molecule has 2 aliphatic heterocycles. The lowest BCUT2D eigenvalue weighted by Crippen LogP contribution is -2.60. The highest BCUT2D eigenvalue weighted by Crippen LogP contribution is 2.37. The highest BCUT2D eigenvalue weighted by Gasteiger charge is 2.45. The van der Waals surface area contributed by atoms with Crippen molar-refractivity contribution in [3.63, 3.8) is 0 Å². The Morgan fingerprint density at radius 2 is 1.96 bits per heavy atom. The monoisotopic (exact) mass is 359 g/mol. The van der Waals surface area contributed by atoms with E-state index in [1.807, 2.05) is 0 Å². The second kappa shape index (κ2) is 6.44. The molecule has 0 bridgehead atoms. The number of fused-ring (bicyclic) bond motifs is 1. The lowest BCUT2D eigenvalue weighted by Gasteiger charge is -2.42.